The molecule has 4 nitrogen and oxygen atoms in total. The van der Waals surface area contributed by atoms with Gasteiger partial charge in [-0.3, -0.25) is 9.59 Å². The van der Waals surface area contributed by atoms with Crippen LogP contribution in [0.1, 0.15) is 40.0 Å². The topological polar surface area (TPSA) is 74.6 Å². The third-order valence-electron chi connectivity index (χ3n) is 4.33. The number of carboxylic acids is 2. The lowest BCUT2D eigenvalue weighted by molar-refractivity contribution is -0.155. The molecule has 2 N–H and O–H groups in total. The molecule has 0 radical (unpaired) electrons. The maximum absolute atomic E-state index is 11.2. The van der Waals surface area contributed by atoms with Crippen molar-refractivity contribution in [3.05, 3.63) is 0 Å². The van der Waals surface area contributed by atoms with Crippen LogP contribution in [0.25, 0.3) is 0 Å². The average Bonchev–Trinajstić information content (AvgIpc) is 2.29. The van der Waals surface area contributed by atoms with Crippen molar-refractivity contribution in [2.45, 2.75) is 40.0 Å². The van der Waals surface area contributed by atoms with Gasteiger partial charge in [0.25, 0.3) is 0 Å². The van der Waals surface area contributed by atoms with Crippen molar-refractivity contribution in [2.24, 2.45) is 16.7 Å². The van der Waals surface area contributed by atoms with E-state index >= 15 is 0 Å². The molecule has 0 aliphatic heterocycles. The number of hydrogen-bond donors (Lipinski definition) is 2. The van der Waals surface area contributed by atoms with E-state index in [1.807, 2.05) is 13.8 Å². The van der Waals surface area contributed by atoms with Gasteiger partial charge in [-0.15, -0.1) is 0 Å². The average molecular weight is 214 g/mol. The van der Waals surface area contributed by atoms with Gasteiger partial charge < -0.3 is 10.2 Å². The van der Waals surface area contributed by atoms with Gasteiger partial charge in [0.1, 0.15) is 0 Å². The van der Waals surface area contributed by atoms with E-state index in [4.69, 9.17) is 5.11 Å². The summed E-state index contributed by atoms with van der Waals surface area (Å²) in [6.45, 7) is 5.45. The van der Waals surface area contributed by atoms with Crippen LogP contribution in [-0.2, 0) is 9.59 Å². The molecule has 1 saturated carbocycles. The van der Waals surface area contributed by atoms with Crippen LogP contribution in [0.2, 0.25) is 0 Å². The Morgan fingerprint density at radius 3 is 2.13 bits per heavy atom. The molecule has 0 amide bonds. The second-order valence-corrected chi connectivity index (χ2v) is 5.19. The molecule has 1 rings (SSSR count). The number of carbonyl (C=O) groups is 2. The van der Waals surface area contributed by atoms with E-state index in [9.17, 15) is 14.7 Å². The summed E-state index contributed by atoms with van der Waals surface area (Å²) in [6.07, 6.45) is 1.31. The molecule has 4 heteroatoms. The molecule has 86 valence electrons. The SMILES string of the molecule is CC1(C(=O)O)CCC(CC(=O)O)C1(C)C. The lowest BCUT2D eigenvalue weighted by Gasteiger charge is -2.38. The number of carboxylic acid groups (broad SMARTS) is 2. The van der Waals surface area contributed by atoms with Gasteiger partial charge in [0, 0.05) is 6.42 Å². The van der Waals surface area contributed by atoms with Crippen LogP contribution in [-0.4, -0.2) is 22.2 Å². The van der Waals surface area contributed by atoms with Crippen LogP contribution in [0.15, 0.2) is 0 Å². The summed E-state index contributed by atoms with van der Waals surface area (Å²) in [7, 11) is 0. The van der Waals surface area contributed by atoms with Crippen molar-refractivity contribution in [1.82, 2.24) is 0 Å². The fraction of sp³-hybridized carbons (Fsp3) is 0.818. The molecule has 0 saturated heterocycles. The van der Waals surface area contributed by atoms with E-state index in [1.165, 1.54) is 0 Å². The first-order valence-corrected chi connectivity index (χ1v) is 5.17. The molecule has 1 fully saturated rings. The van der Waals surface area contributed by atoms with Gasteiger partial charge in [-0.1, -0.05) is 13.8 Å². The summed E-state index contributed by atoms with van der Waals surface area (Å²) in [5.41, 5.74) is -1.26. The quantitative estimate of drug-likeness (QED) is 0.753. The predicted molar refractivity (Wildman–Crippen MR) is 54.5 cm³/mol. The molecule has 0 spiro atoms. The van der Waals surface area contributed by atoms with Gasteiger partial charge in [-0.2, -0.15) is 0 Å². The first-order chi connectivity index (χ1) is 6.72. The molecule has 1 aliphatic carbocycles. The largest absolute Gasteiger partial charge is 0.481 e. The lowest BCUT2D eigenvalue weighted by atomic mass is 9.65. The van der Waals surface area contributed by atoms with Gasteiger partial charge in [0.15, 0.2) is 0 Å². The Balaban J connectivity index is 2.93. The summed E-state index contributed by atoms with van der Waals surface area (Å²) in [4.78, 5) is 21.9. The Hall–Kier alpha value is -1.06. The second-order valence-electron chi connectivity index (χ2n) is 5.19. The lowest BCUT2D eigenvalue weighted by Crippen LogP contribution is -2.41. The summed E-state index contributed by atoms with van der Waals surface area (Å²) < 4.78 is 0. The standard InChI is InChI=1S/C11H18O4/c1-10(2)7(6-8(12)13)4-5-11(10,3)9(14)15/h7H,4-6H2,1-3H3,(H,12,13)(H,14,15). The summed E-state index contributed by atoms with van der Waals surface area (Å²) >= 11 is 0. The van der Waals surface area contributed by atoms with E-state index in [0.29, 0.717) is 12.8 Å². The highest BCUT2D eigenvalue weighted by Gasteiger charge is 2.56. The highest BCUT2D eigenvalue weighted by atomic mass is 16.4. The van der Waals surface area contributed by atoms with Crippen molar-refractivity contribution in [3.63, 3.8) is 0 Å². The van der Waals surface area contributed by atoms with Crippen LogP contribution in [0.5, 0.6) is 0 Å². The maximum Gasteiger partial charge on any atom is 0.309 e. The van der Waals surface area contributed by atoms with Crippen molar-refractivity contribution in [2.75, 3.05) is 0 Å². The zero-order chi connectivity index (χ0) is 11.9. The first kappa shape index (κ1) is 12.0. The Kier molecular flexibility index (Phi) is 2.81. The Morgan fingerprint density at radius 1 is 1.27 bits per heavy atom. The van der Waals surface area contributed by atoms with E-state index < -0.39 is 22.8 Å². The molecular weight excluding hydrogens is 196 g/mol. The molecule has 0 heterocycles. The summed E-state index contributed by atoms with van der Waals surface area (Å²) in [6, 6.07) is 0. The van der Waals surface area contributed by atoms with Crippen LogP contribution >= 0.6 is 0 Å². The molecule has 0 bridgehead atoms. The minimum Gasteiger partial charge on any atom is -0.481 e. The van der Waals surface area contributed by atoms with Crippen LogP contribution in [0.3, 0.4) is 0 Å². The number of hydrogen-bond acceptors (Lipinski definition) is 2. The molecular formula is C11H18O4. The highest BCUT2D eigenvalue weighted by molar-refractivity contribution is 5.76. The van der Waals surface area contributed by atoms with Crippen molar-refractivity contribution in [1.29, 1.82) is 0 Å². The fourth-order valence-electron chi connectivity index (χ4n) is 2.55. The van der Waals surface area contributed by atoms with Gasteiger partial charge in [0.05, 0.1) is 5.41 Å². The molecule has 0 aromatic heterocycles. The van der Waals surface area contributed by atoms with Gasteiger partial charge in [0.2, 0.25) is 0 Å². The highest BCUT2D eigenvalue weighted by Crippen LogP contribution is 2.57. The van der Waals surface area contributed by atoms with Crippen molar-refractivity contribution in [3.8, 4) is 0 Å². The smallest absolute Gasteiger partial charge is 0.309 e. The summed E-state index contributed by atoms with van der Waals surface area (Å²) in [5.74, 6) is -1.71. The number of rotatable bonds is 3. The Morgan fingerprint density at radius 2 is 1.80 bits per heavy atom. The third kappa shape index (κ3) is 1.73. The van der Waals surface area contributed by atoms with Gasteiger partial charge >= 0.3 is 11.9 Å². The minimum atomic E-state index is -0.845. The fourth-order valence-corrected chi connectivity index (χ4v) is 2.55. The van der Waals surface area contributed by atoms with Crippen LogP contribution < -0.4 is 0 Å². The molecule has 2 atom stereocenters. The summed E-state index contributed by atoms with van der Waals surface area (Å²) in [5, 5.41) is 18.0. The maximum atomic E-state index is 11.2. The monoisotopic (exact) mass is 214 g/mol. The minimum absolute atomic E-state index is 0.0453. The normalized spacial score (nSPS) is 33.9. The van der Waals surface area contributed by atoms with E-state index in [2.05, 4.69) is 0 Å². The zero-order valence-corrected chi connectivity index (χ0v) is 9.41. The van der Waals surface area contributed by atoms with Crippen LogP contribution in [0, 0.1) is 16.7 Å². The molecule has 15 heavy (non-hydrogen) atoms. The number of aliphatic carboxylic acids is 2. The predicted octanol–water partition coefficient (Wildman–Crippen LogP) is 1.99. The Labute approximate surface area is 89.3 Å². The first-order valence-electron chi connectivity index (χ1n) is 5.17. The zero-order valence-electron chi connectivity index (χ0n) is 9.41. The van der Waals surface area contributed by atoms with Crippen molar-refractivity contribution >= 4 is 11.9 Å². The molecule has 2 unspecified atom stereocenters. The third-order valence-corrected chi connectivity index (χ3v) is 4.33. The second kappa shape index (κ2) is 3.51. The van der Waals surface area contributed by atoms with E-state index in [-0.39, 0.29) is 12.3 Å². The van der Waals surface area contributed by atoms with Crippen molar-refractivity contribution < 1.29 is 19.8 Å². The molecule has 0 aromatic rings. The Bertz CT molecular complexity index is 295. The van der Waals surface area contributed by atoms with E-state index in [0.717, 1.165) is 0 Å². The van der Waals surface area contributed by atoms with Crippen LogP contribution in [0.4, 0.5) is 0 Å². The van der Waals surface area contributed by atoms with Gasteiger partial charge in [-0.25, -0.2) is 0 Å². The molecule has 1 aliphatic rings. The van der Waals surface area contributed by atoms with Gasteiger partial charge in [-0.05, 0) is 31.1 Å². The molecule has 0 aromatic carbocycles. The van der Waals surface area contributed by atoms with E-state index in [1.54, 1.807) is 6.92 Å².